The number of fused-ring (bicyclic) bond motifs is 1. The van der Waals surface area contributed by atoms with Gasteiger partial charge in [0.1, 0.15) is 0 Å². The van der Waals surface area contributed by atoms with Gasteiger partial charge < -0.3 is 10.2 Å². The highest BCUT2D eigenvalue weighted by Gasteiger charge is 2.16. The van der Waals surface area contributed by atoms with Crippen molar-refractivity contribution in [2.75, 3.05) is 26.7 Å². The first-order valence-corrected chi connectivity index (χ1v) is 8.19. The zero-order valence-corrected chi connectivity index (χ0v) is 13.6. The van der Waals surface area contributed by atoms with Crippen LogP contribution in [0.1, 0.15) is 24.0 Å². The summed E-state index contributed by atoms with van der Waals surface area (Å²) in [5.74, 6) is 0. The van der Waals surface area contributed by atoms with Crippen molar-refractivity contribution in [3.05, 3.63) is 52.9 Å². The summed E-state index contributed by atoms with van der Waals surface area (Å²) in [6.45, 7) is 2.92. The largest absolute Gasteiger partial charge is 0.381 e. The SMILES string of the molecule is CN1CCC(=C2C=NC=C(C=O)NCCc3ccccc32)CC1. The fourth-order valence-corrected chi connectivity index (χ4v) is 3.16. The van der Waals surface area contributed by atoms with Crippen LogP contribution in [0.25, 0.3) is 5.57 Å². The number of aldehydes is 1. The summed E-state index contributed by atoms with van der Waals surface area (Å²) in [5.41, 5.74) is 5.82. The van der Waals surface area contributed by atoms with Crippen molar-refractivity contribution >= 4 is 18.1 Å². The fourth-order valence-electron chi connectivity index (χ4n) is 3.16. The Morgan fingerprint density at radius 3 is 2.74 bits per heavy atom. The van der Waals surface area contributed by atoms with Crippen molar-refractivity contribution in [1.82, 2.24) is 10.2 Å². The van der Waals surface area contributed by atoms with Gasteiger partial charge in [0.2, 0.25) is 0 Å². The number of hydrogen-bond donors (Lipinski definition) is 1. The Balaban J connectivity index is 2.05. The molecule has 3 rings (SSSR count). The maximum absolute atomic E-state index is 11.1. The summed E-state index contributed by atoms with van der Waals surface area (Å²) in [7, 11) is 2.17. The van der Waals surface area contributed by atoms with Crippen LogP contribution in [0.15, 0.2) is 46.7 Å². The lowest BCUT2D eigenvalue weighted by molar-refractivity contribution is -0.105. The summed E-state index contributed by atoms with van der Waals surface area (Å²) < 4.78 is 0. The predicted molar refractivity (Wildman–Crippen MR) is 94.4 cm³/mol. The Hall–Kier alpha value is -2.20. The van der Waals surface area contributed by atoms with Crippen LogP contribution >= 0.6 is 0 Å². The summed E-state index contributed by atoms with van der Waals surface area (Å²) in [6, 6.07) is 8.53. The maximum atomic E-state index is 11.1. The molecule has 4 nitrogen and oxygen atoms in total. The van der Waals surface area contributed by atoms with E-state index in [1.165, 1.54) is 22.3 Å². The Morgan fingerprint density at radius 2 is 1.96 bits per heavy atom. The topological polar surface area (TPSA) is 44.7 Å². The number of carbonyl (C=O) groups excluding carboxylic acids is 1. The van der Waals surface area contributed by atoms with Crippen LogP contribution < -0.4 is 5.32 Å². The molecule has 0 unspecified atom stereocenters. The lowest BCUT2D eigenvalue weighted by Gasteiger charge is -2.26. The number of aliphatic imine (C=N–C) groups is 1. The Labute approximate surface area is 137 Å². The molecule has 0 bridgehead atoms. The molecule has 120 valence electrons. The number of piperidine rings is 1. The number of rotatable bonds is 1. The van der Waals surface area contributed by atoms with E-state index in [0.29, 0.717) is 5.70 Å². The third kappa shape index (κ3) is 3.77. The quantitative estimate of drug-likeness (QED) is 0.810. The second-order valence-electron chi connectivity index (χ2n) is 6.13. The molecule has 4 heteroatoms. The molecule has 1 saturated heterocycles. The molecule has 1 aromatic rings. The van der Waals surface area contributed by atoms with Crippen molar-refractivity contribution in [2.45, 2.75) is 19.3 Å². The van der Waals surface area contributed by atoms with E-state index in [1.807, 2.05) is 6.21 Å². The molecular formula is C19H23N3O. The van der Waals surface area contributed by atoms with Crippen molar-refractivity contribution in [2.24, 2.45) is 4.99 Å². The minimum absolute atomic E-state index is 0.536. The summed E-state index contributed by atoms with van der Waals surface area (Å²) in [6.07, 6.45) is 7.43. The second kappa shape index (κ2) is 7.38. The van der Waals surface area contributed by atoms with E-state index < -0.39 is 0 Å². The molecule has 0 amide bonds. The van der Waals surface area contributed by atoms with Crippen LogP contribution in [-0.2, 0) is 11.2 Å². The van der Waals surface area contributed by atoms with Crippen molar-refractivity contribution in [1.29, 1.82) is 0 Å². The average Bonchev–Trinajstić information content (AvgIpc) is 2.59. The third-order valence-corrected chi connectivity index (χ3v) is 4.55. The molecule has 2 aliphatic rings. The highest BCUT2D eigenvalue weighted by atomic mass is 16.1. The lowest BCUT2D eigenvalue weighted by atomic mass is 9.90. The first kappa shape index (κ1) is 15.7. The van der Waals surface area contributed by atoms with Gasteiger partial charge in [0, 0.05) is 25.8 Å². The van der Waals surface area contributed by atoms with E-state index >= 15 is 0 Å². The molecule has 2 heterocycles. The third-order valence-electron chi connectivity index (χ3n) is 4.55. The lowest BCUT2D eigenvalue weighted by Crippen LogP contribution is -2.27. The van der Waals surface area contributed by atoms with Gasteiger partial charge in [-0.2, -0.15) is 0 Å². The zero-order valence-electron chi connectivity index (χ0n) is 13.6. The fraction of sp³-hybridized carbons (Fsp3) is 0.368. The van der Waals surface area contributed by atoms with E-state index in [9.17, 15) is 4.79 Å². The Morgan fingerprint density at radius 1 is 1.17 bits per heavy atom. The van der Waals surface area contributed by atoms with Gasteiger partial charge in [0.25, 0.3) is 0 Å². The number of benzene rings is 1. The molecule has 23 heavy (non-hydrogen) atoms. The van der Waals surface area contributed by atoms with Crippen LogP contribution in [-0.4, -0.2) is 44.1 Å². The van der Waals surface area contributed by atoms with E-state index in [0.717, 1.165) is 45.2 Å². The standard InChI is InChI=1S/C19H23N3O/c1-22-10-7-16(8-11-22)19-13-20-12-17(14-23)21-9-6-15-4-2-3-5-18(15)19/h2-5,12-14,21H,6-11H2,1H3. The zero-order chi connectivity index (χ0) is 16.1. The van der Waals surface area contributed by atoms with E-state index in [4.69, 9.17) is 0 Å². The van der Waals surface area contributed by atoms with Crippen molar-refractivity contribution < 1.29 is 4.79 Å². The van der Waals surface area contributed by atoms with Gasteiger partial charge in [-0.25, -0.2) is 0 Å². The minimum Gasteiger partial charge on any atom is -0.381 e. The molecule has 1 aromatic carbocycles. The number of likely N-dealkylation sites (tertiary alicyclic amines) is 1. The predicted octanol–water partition coefficient (Wildman–Crippen LogP) is 2.42. The van der Waals surface area contributed by atoms with Gasteiger partial charge in [0.15, 0.2) is 6.29 Å². The minimum atomic E-state index is 0.536. The van der Waals surface area contributed by atoms with Crippen LogP contribution in [0.4, 0.5) is 0 Å². The molecule has 0 aromatic heterocycles. The Kier molecular flexibility index (Phi) is 5.03. The number of nitrogens with one attached hydrogen (secondary N) is 1. The van der Waals surface area contributed by atoms with Gasteiger partial charge in [-0.3, -0.25) is 9.79 Å². The molecule has 0 spiro atoms. The summed E-state index contributed by atoms with van der Waals surface area (Å²) in [4.78, 5) is 17.8. The van der Waals surface area contributed by atoms with Crippen LogP contribution in [0.3, 0.4) is 0 Å². The smallest absolute Gasteiger partial charge is 0.167 e. The molecule has 0 atom stereocenters. The molecule has 1 N–H and O–H groups in total. The van der Waals surface area contributed by atoms with Gasteiger partial charge in [-0.15, -0.1) is 0 Å². The molecular weight excluding hydrogens is 286 g/mol. The number of nitrogens with zero attached hydrogens (tertiary/aromatic N) is 2. The summed E-state index contributed by atoms with van der Waals surface area (Å²) >= 11 is 0. The first-order valence-electron chi connectivity index (χ1n) is 8.19. The second-order valence-corrected chi connectivity index (χ2v) is 6.13. The number of allylic oxidation sites excluding steroid dienone is 2. The van der Waals surface area contributed by atoms with Crippen molar-refractivity contribution in [3.8, 4) is 0 Å². The van der Waals surface area contributed by atoms with E-state index in [1.54, 1.807) is 6.20 Å². The monoisotopic (exact) mass is 309 g/mol. The first-order chi connectivity index (χ1) is 11.3. The molecule has 1 fully saturated rings. The van der Waals surface area contributed by atoms with Gasteiger partial charge in [-0.1, -0.05) is 29.8 Å². The van der Waals surface area contributed by atoms with Gasteiger partial charge in [0.05, 0.1) is 11.9 Å². The van der Waals surface area contributed by atoms with E-state index in [2.05, 4.69) is 46.5 Å². The van der Waals surface area contributed by atoms with Crippen LogP contribution in [0.2, 0.25) is 0 Å². The highest BCUT2D eigenvalue weighted by molar-refractivity contribution is 6.12. The summed E-state index contributed by atoms with van der Waals surface area (Å²) in [5, 5.41) is 3.14. The van der Waals surface area contributed by atoms with Crippen LogP contribution in [0, 0.1) is 0 Å². The molecule has 2 aliphatic heterocycles. The highest BCUT2D eigenvalue weighted by Crippen LogP contribution is 2.28. The number of hydrogen-bond acceptors (Lipinski definition) is 4. The molecule has 0 saturated carbocycles. The average molecular weight is 309 g/mol. The van der Waals surface area contributed by atoms with Crippen molar-refractivity contribution in [3.63, 3.8) is 0 Å². The molecule has 0 aliphatic carbocycles. The normalized spacial score (nSPS) is 19.6. The van der Waals surface area contributed by atoms with E-state index in [-0.39, 0.29) is 0 Å². The Bertz CT molecular complexity index is 663. The van der Waals surface area contributed by atoms with Crippen LogP contribution in [0.5, 0.6) is 0 Å². The number of carbonyl (C=O) groups is 1. The van der Waals surface area contributed by atoms with Gasteiger partial charge in [-0.05, 0) is 43.0 Å². The van der Waals surface area contributed by atoms with Gasteiger partial charge >= 0.3 is 0 Å². The maximum Gasteiger partial charge on any atom is 0.167 e. The molecule has 0 radical (unpaired) electrons.